The fraction of sp³-hybridized carbons (Fsp3) is 0.800. The fourth-order valence-corrected chi connectivity index (χ4v) is 9.82. The maximum atomic E-state index is 12.3. The van der Waals surface area contributed by atoms with E-state index in [9.17, 15) is 10.2 Å². The Kier molecular flexibility index (Phi) is 4.42. The summed E-state index contributed by atoms with van der Waals surface area (Å²) >= 11 is 0. The fourth-order valence-electron chi connectivity index (χ4n) is 9.82. The van der Waals surface area contributed by atoms with Gasteiger partial charge in [0.15, 0.2) is 11.5 Å². The molecule has 5 nitrogen and oxygen atoms in total. The molecule has 5 aliphatic carbocycles. The summed E-state index contributed by atoms with van der Waals surface area (Å²) in [6.45, 7) is 10.9. The van der Waals surface area contributed by atoms with Crippen LogP contribution in [0.15, 0.2) is 12.1 Å². The molecule has 0 aromatic heterocycles. The average Bonchev–Trinajstić information content (AvgIpc) is 3.56. The standard InChI is InChI=1S/C30H43NO4/c1-26(2,3)27(4,33)21-16-28-12-13-30(21,34-5)25-29(28)11-6-14-31(17-18-7-8-18)22(28)15-19-9-10-20(32)24(35-25)23(19)29/h9-10,18,21-22,25,32-33H,6-8,11-17H2,1-5H3/t21-,22-,25-,27+,28?,29+,30-/m1/s1. The zero-order valence-corrected chi connectivity index (χ0v) is 22.2. The normalized spacial score (nSPS) is 43.3. The second-order valence-electron chi connectivity index (χ2n) is 14.1. The lowest BCUT2D eigenvalue weighted by Gasteiger charge is -2.73. The number of methoxy groups -OCH3 is 1. The summed E-state index contributed by atoms with van der Waals surface area (Å²) in [5, 5.41) is 23.3. The van der Waals surface area contributed by atoms with Crippen LogP contribution in [0.3, 0.4) is 0 Å². The van der Waals surface area contributed by atoms with Crippen molar-refractivity contribution in [1.29, 1.82) is 0 Å². The van der Waals surface area contributed by atoms with Gasteiger partial charge in [0.2, 0.25) is 0 Å². The van der Waals surface area contributed by atoms with E-state index < -0.39 is 11.2 Å². The highest BCUT2D eigenvalue weighted by Crippen LogP contribution is 2.77. The molecule has 5 fully saturated rings. The predicted molar refractivity (Wildman–Crippen MR) is 135 cm³/mol. The van der Waals surface area contributed by atoms with Crippen LogP contribution in [-0.2, 0) is 16.6 Å². The third-order valence-electron chi connectivity index (χ3n) is 12.1. The van der Waals surface area contributed by atoms with E-state index >= 15 is 0 Å². The van der Waals surface area contributed by atoms with Crippen molar-refractivity contribution in [2.75, 3.05) is 20.2 Å². The molecule has 0 radical (unpaired) electrons. The van der Waals surface area contributed by atoms with Crippen molar-refractivity contribution >= 4 is 0 Å². The number of aromatic hydroxyl groups is 1. The van der Waals surface area contributed by atoms with Gasteiger partial charge in [-0.2, -0.15) is 0 Å². The van der Waals surface area contributed by atoms with E-state index in [0.29, 0.717) is 11.8 Å². The van der Waals surface area contributed by atoms with Crippen molar-refractivity contribution in [3.63, 3.8) is 0 Å². The van der Waals surface area contributed by atoms with Crippen LogP contribution in [0.25, 0.3) is 0 Å². The smallest absolute Gasteiger partial charge is 0.165 e. The number of likely N-dealkylation sites (tertiary alicyclic amines) is 1. The molecule has 7 aliphatic rings. The summed E-state index contributed by atoms with van der Waals surface area (Å²) in [6.07, 6.45) is 8.80. The molecule has 4 bridgehead atoms. The minimum absolute atomic E-state index is 0.0231. The van der Waals surface area contributed by atoms with Crippen LogP contribution in [0.2, 0.25) is 0 Å². The van der Waals surface area contributed by atoms with Crippen molar-refractivity contribution < 1.29 is 19.7 Å². The molecular formula is C30H43NO4. The van der Waals surface area contributed by atoms with Gasteiger partial charge in [-0.3, -0.25) is 4.90 Å². The van der Waals surface area contributed by atoms with Gasteiger partial charge in [0.05, 0.1) is 5.60 Å². The van der Waals surface area contributed by atoms with Crippen LogP contribution in [0.1, 0.15) is 83.8 Å². The minimum Gasteiger partial charge on any atom is -0.504 e. The van der Waals surface area contributed by atoms with Crippen LogP contribution < -0.4 is 4.74 Å². The quantitative estimate of drug-likeness (QED) is 0.647. The Labute approximate surface area is 210 Å². The van der Waals surface area contributed by atoms with E-state index in [1.807, 2.05) is 20.1 Å². The first-order valence-corrected chi connectivity index (χ1v) is 14.1. The number of phenols is 1. The van der Waals surface area contributed by atoms with E-state index in [1.165, 1.54) is 30.5 Å². The first-order valence-electron chi connectivity index (χ1n) is 14.1. The Morgan fingerprint density at radius 3 is 2.60 bits per heavy atom. The molecule has 2 heterocycles. The number of hydrogen-bond acceptors (Lipinski definition) is 5. The highest BCUT2D eigenvalue weighted by atomic mass is 16.6. The first-order chi connectivity index (χ1) is 16.5. The van der Waals surface area contributed by atoms with Crippen LogP contribution in [0, 0.1) is 22.7 Å². The molecule has 192 valence electrons. The monoisotopic (exact) mass is 481 g/mol. The van der Waals surface area contributed by atoms with Crippen molar-refractivity contribution in [3.8, 4) is 11.5 Å². The molecule has 1 aromatic carbocycles. The zero-order valence-electron chi connectivity index (χ0n) is 22.2. The van der Waals surface area contributed by atoms with Gasteiger partial charge in [0.1, 0.15) is 11.7 Å². The van der Waals surface area contributed by atoms with Crippen LogP contribution >= 0.6 is 0 Å². The Bertz CT molecular complexity index is 1070. The Morgan fingerprint density at radius 2 is 1.91 bits per heavy atom. The van der Waals surface area contributed by atoms with Gasteiger partial charge in [-0.05, 0) is 87.8 Å². The van der Waals surface area contributed by atoms with E-state index in [0.717, 1.165) is 51.0 Å². The highest BCUT2D eigenvalue weighted by Gasteiger charge is 2.81. The van der Waals surface area contributed by atoms with Crippen LogP contribution in [-0.4, -0.2) is 58.7 Å². The van der Waals surface area contributed by atoms with E-state index in [1.54, 1.807) is 0 Å². The number of benzene rings is 1. The maximum absolute atomic E-state index is 12.3. The number of nitrogens with zero attached hydrogens (tertiary/aromatic N) is 1. The molecule has 5 heteroatoms. The Morgan fingerprint density at radius 1 is 1.14 bits per heavy atom. The lowest BCUT2D eigenvalue weighted by atomic mass is 9.34. The second kappa shape index (κ2) is 6.76. The lowest BCUT2D eigenvalue weighted by Crippen LogP contribution is -2.80. The van der Waals surface area contributed by atoms with Gasteiger partial charge in [-0.1, -0.05) is 26.8 Å². The molecule has 35 heavy (non-hydrogen) atoms. The summed E-state index contributed by atoms with van der Waals surface area (Å²) in [6, 6.07) is 4.47. The van der Waals surface area contributed by atoms with Gasteiger partial charge in [0, 0.05) is 42.0 Å². The minimum atomic E-state index is -0.914. The molecule has 1 unspecified atom stereocenters. The van der Waals surface area contributed by atoms with Crippen molar-refractivity contribution in [2.24, 2.45) is 22.7 Å². The van der Waals surface area contributed by atoms with Crippen molar-refractivity contribution in [2.45, 2.75) is 108 Å². The third-order valence-corrected chi connectivity index (χ3v) is 12.1. The summed E-state index contributed by atoms with van der Waals surface area (Å²) in [5.41, 5.74) is 0.749. The summed E-state index contributed by atoms with van der Waals surface area (Å²) in [7, 11) is 1.84. The second-order valence-corrected chi connectivity index (χ2v) is 14.1. The molecule has 7 atom stereocenters. The lowest BCUT2D eigenvalue weighted by molar-refractivity contribution is -0.301. The molecule has 2 N–H and O–H groups in total. The summed E-state index contributed by atoms with van der Waals surface area (Å²) < 4.78 is 13.6. The Balaban J connectivity index is 1.49. The third kappa shape index (κ3) is 2.51. The molecule has 0 amide bonds. The van der Waals surface area contributed by atoms with Gasteiger partial charge in [-0.25, -0.2) is 0 Å². The molecule has 2 aliphatic heterocycles. The SMILES string of the molecule is CO[C@]12CCC3(C[C@@H]1[C@](C)(O)C(C)(C)C)[C@H]1Cc4ccc(O)c5c4[C@@]3(CCCN1CC1CC1)[C@H]2O5. The molecule has 1 saturated heterocycles. The molecule has 2 spiro atoms. The predicted octanol–water partition coefficient (Wildman–Crippen LogP) is 4.80. The van der Waals surface area contributed by atoms with E-state index in [2.05, 4.69) is 31.7 Å². The Hall–Kier alpha value is -1.30. The summed E-state index contributed by atoms with van der Waals surface area (Å²) in [4.78, 5) is 2.85. The maximum Gasteiger partial charge on any atom is 0.165 e. The molecular weight excluding hydrogens is 438 g/mol. The molecule has 4 saturated carbocycles. The topological polar surface area (TPSA) is 62.2 Å². The van der Waals surface area contributed by atoms with Crippen LogP contribution in [0.5, 0.6) is 11.5 Å². The number of hydrogen-bond donors (Lipinski definition) is 2. The van der Waals surface area contributed by atoms with Gasteiger partial charge < -0.3 is 19.7 Å². The number of aliphatic hydroxyl groups is 1. The molecule has 8 rings (SSSR count). The van der Waals surface area contributed by atoms with Gasteiger partial charge >= 0.3 is 0 Å². The highest BCUT2D eigenvalue weighted by molar-refractivity contribution is 5.63. The average molecular weight is 482 g/mol. The van der Waals surface area contributed by atoms with Crippen LogP contribution in [0.4, 0.5) is 0 Å². The van der Waals surface area contributed by atoms with E-state index in [-0.39, 0.29) is 34.0 Å². The van der Waals surface area contributed by atoms with Crippen molar-refractivity contribution in [3.05, 3.63) is 23.3 Å². The van der Waals surface area contributed by atoms with Gasteiger partial charge in [-0.15, -0.1) is 0 Å². The number of ether oxygens (including phenoxy) is 2. The first kappa shape index (κ1) is 22.9. The number of phenolic OH excluding ortho intramolecular Hbond substituents is 1. The number of fused-ring (bicyclic) bond motifs is 2. The summed E-state index contributed by atoms with van der Waals surface area (Å²) in [5.74, 6) is 1.80. The largest absolute Gasteiger partial charge is 0.504 e. The molecule has 1 aromatic rings. The van der Waals surface area contributed by atoms with E-state index in [4.69, 9.17) is 9.47 Å². The van der Waals surface area contributed by atoms with Gasteiger partial charge in [0.25, 0.3) is 0 Å². The zero-order chi connectivity index (χ0) is 24.6. The number of rotatable bonds is 4. The van der Waals surface area contributed by atoms with Crippen molar-refractivity contribution in [1.82, 2.24) is 4.90 Å².